The molecule has 2 atom stereocenters. The van der Waals surface area contributed by atoms with Gasteiger partial charge in [-0.3, -0.25) is 0 Å². The average Bonchev–Trinajstić information content (AvgIpc) is 2.45. The van der Waals surface area contributed by atoms with Crippen molar-refractivity contribution in [1.82, 2.24) is 0 Å². The van der Waals surface area contributed by atoms with Crippen LogP contribution in [0.1, 0.15) is 44.4 Å². The SMILES string of the molecule is CC1Cc2ccccc2C1N.CCC. The second-order valence-electron chi connectivity index (χ2n) is 4.11. The van der Waals surface area contributed by atoms with E-state index in [0.29, 0.717) is 5.92 Å². The van der Waals surface area contributed by atoms with Gasteiger partial charge in [0.2, 0.25) is 0 Å². The van der Waals surface area contributed by atoms with E-state index in [9.17, 15) is 0 Å². The zero-order valence-corrected chi connectivity index (χ0v) is 9.46. The zero-order valence-electron chi connectivity index (χ0n) is 9.46. The Kier molecular flexibility index (Phi) is 4.15. The number of hydrogen-bond acceptors (Lipinski definition) is 1. The lowest BCUT2D eigenvalue weighted by Gasteiger charge is -2.08. The molecule has 14 heavy (non-hydrogen) atoms. The van der Waals surface area contributed by atoms with Crippen LogP contribution in [0.5, 0.6) is 0 Å². The lowest BCUT2D eigenvalue weighted by atomic mass is 10.0. The monoisotopic (exact) mass is 191 g/mol. The van der Waals surface area contributed by atoms with Gasteiger partial charge in [-0.1, -0.05) is 51.5 Å². The fourth-order valence-electron chi connectivity index (χ4n) is 1.83. The summed E-state index contributed by atoms with van der Waals surface area (Å²) in [6.07, 6.45) is 2.40. The van der Waals surface area contributed by atoms with Gasteiger partial charge in [-0.05, 0) is 23.5 Å². The summed E-state index contributed by atoms with van der Waals surface area (Å²) >= 11 is 0. The molecule has 0 amide bonds. The first kappa shape index (κ1) is 11.3. The highest BCUT2D eigenvalue weighted by atomic mass is 14.7. The van der Waals surface area contributed by atoms with E-state index in [0.717, 1.165) is 6.42 Å². The first-order chi connectivity index (χ1) is 6.70. The third kappa shape index (κ3) is 2.36. The molecule has 0 bridgehead atoms. The van der Waals surface area contributed by atoms with Crippen molar-refractivity contribution in [1.29, 1.82) is 0 Å². The standard InChI is InChI=1S/C10H13N.C3H8/c1-7-6-8-4-2-3-5-9(8)10(7)11;1-3-2/h2-5,7,10H,6,11H2,1H3;3H2,1-2H3. The van der Waals surface area contributed by atoms with E-state index in [-0.39, 0.29) is 6.04 Å². The van der Waals surface area contributed by atoms with Gasteiger partial charge in [0.1, 0.15) is 0 Å². The Morgan fingerprint density at radius 3 is 2.43 bits per heavy atom. The molecule has 0 aromatic heterocycles. The van der Waals surface area contributed by atoms with E-state index in [4.69, 9.17) is 5.73 Å². The highest BCUT2D eigenvalue weighted by molar-refractivity contribution is 5.34. The number of nitrogens with two attached hydrogens (primary N) is 1. The van der Waals surface area contributed by atoms with E-state index in [1.807, 2.05) is 0 Å². The summed E-state index contributed by atoms with van der Waals surface area (Å²) in [5.41, 5.74) is 8.77. The van der Waals surface area contributed by atoms with E-state index in [1.54, 1.807) is 0 Å². The summed E-state index contributed by atoms with van der Waals surface area (Å²) in [6, 6.07) is 8.74. The van der Waals surface area contributed by atoms with Crippen LogP contribution in [-0.2, 0) is 6.42 Å². The largest absolute Gasteiger partial charge is 0.324 e. The molecule has 1 nitrogen and oxygen atoms in total. The molecular weight excluding hydrogens is 170 g/mol. The zero-order chi connectivity index (χ0) is 10.6. The van der Waals surface area contributed by atoms with Gasteiger partial charge in [-0.2, -0.15) is 0 Å². The highest BCUT2D eigenvalue weighted by Gasteiger charge is 2.24. The van der Waals surface area contributed by atoms with Gasteiger partial charge in [0, 0.05) is 6.04 Å². The second-order valence-corrected chi connectivity index (χ2v) is 4.11. The molecule has 2 N–H and O–H groups in total. The van der Waals surface area contributed by atoms with Crippen LogP contribution in [0.3, 0.4) is 0 Å². The minimum atomic E-state index is 0.270. The lowest BCUT2D eigenvalue weighted by Crippen LogP contribution is -2.13. The summed E-state index contributed by atoms with van der Waals surface area (Å²) < 4.78 is 0. The molecule has 0 heterocycles. The van der Waals surface area contributed by atoms with Crippen LogP contribution in [0, 0.1) is 5.92 Å². The van der Waals surface area contributed by atoms with Gasteiger partial charge in [0.25, 0.3) is 0 Å². The Hall–Kier alpha value is -0.820. The second kappa shape index (κ2) is 5.16. The van der Waals surface area contributed by atoms with Crippen LogP contribution in [0.4, 0.5) is 0 Å². The Morgan fingerprint density at radius 1 is 1.29 bits per heavy atom. The van der Waals surface area contributed by atoms with E-state index < -0.39 is 0 Å². The molecule has 1 aliphatic rings. The Balaban J connectivity index is 0.000000293. The first-order valence-corrected chi connectivity index (χ1v) is 5.54. The number of hydrogen-bond donors (Lipinski definition) is 1. The molecule has 1 heteroatoms. The Bertz CT molecular complexity index is 280. The Labute approximate surface area is 87.3 Å². The van der Waals surface area contributed by atoms with Crippen molar-refractivity contribution >= 4 is 0 Å². The van der Waals surface area contributed by atoms with Crippen molar-refractivity contribution < 1.29 is 0 Å². The van der Waals surface area contributed by atoms with Crippen LogP contribution in [0.15, 0.2) is 24.3 Å². The van der Waals surface area contributed by atoms with Crippen LogP contribution in [0.2, 0.25) is 0 Å². The molecule has 0 fully saturated rings. The molecule has 0 aliphatic heterocycles. The predicted octanol–water partition coefficient (Wildman–Crippen LogP) is 3.29. The smallest absolute Gasteiger partial charge is 0.0326 e. The maximum Gasteiger partial charge on any atom is 0.0326 e. The minimum Gasteiger partial charge on any atom is -0.324 e. The van der Waals surface area contributed by atoms with Gasteiger partial charge < -0.3 is 5.73 Å². The van der Waals surface area contributed by atoms with Crippen molar-refractivity contribution in [2.75, 3.05) is 0 Å². The van der Waals surface area contributed by atoms with Crippen molar-refractivity contribution in [3.8, 4) is 0 Å². The maximum atomic E-state index is 5.99. The topological polar surface area (TPSA) is 26.0 Å². The number of rotatable bonds is 0. The number of fused-ring (bicyclic) bond motifs is 1. The Morgan fingerprint density at radius 2 is 1.86 bits per heavy atom. The molecule has 0 saturated carbocycles. The van der Waals surface area contributed by atoms with Crippen LogP contribution in [-0.4, -0.2) is 0 Å². The van der Waals surface area contributed by atoms with Crippen molar-refractivity contribution in [2.45, 2.75) is 39.7 Å². The van der Waals surface area contributed by atoms with Gasteiger partial charge in [-0.25, -0.2) is 0 Å². The van der Waals surface area contributed by atoms with Crippen molar-refractivity contribution in [2.24, 2.45) is 11.7 Å². The summed E-state index contributed by atoms with van der Waals surface area (Å²) in [4.78, 5) is 0. The molecule has 1 aromatic rings. The summed E-state index contributed by atoms with van der Waals surface area (Å²) in [6.45, 7) is 6.46. The minimum absolute atomic E-state index is 0.270. The van der Waals surface area contributed by atoms with Crippen molar-refractivity contribution in [3.05, 3.63) is 35.4 Å². The van der Waals surface area contributed by atoms with Gasteiger partial charge in [0.15, 0.2) is 0 Å². The quantitative estimate of drug-likeness (QED) is 0.669. The molecule has 78 valence electrons. The number of benzene rings is 1. The van der Waals surface area contributed by atoms with Crippen LogP contribution >= 0.6 is 0 Å². The third-order valence-electron chi connectivity index (χ3n) is 2.57. The molecule has 1 aliphatic carbocycles. The summed E-state index contributed by atoms with van der Waals surface area (Å²) in [5, 5.41) is 0. The maximum absolute atomic E-state index is 5.99. The van der Waals surface area contributed by atoms with E-state index in [2.05, 4.69) is 45.0 Å². The van der Waals surface area contributed by atoms with E-state index in [1.165, 1.54) is 17.5 Å². The molecule has 0 saturated heterocycles. The summed E-state index contributed by atoms with van der Waals surface area (Å²) in [7, 11) is 0. The lowest BCUT2D eigenvalue weighted by molar-refractivity contribution is 0.513. The fraction of sp³-hybridized carbons (Fsp3) is 0.538. The van der Waals surface area contributed by atoms with E-state index >= 15 is 0 Å². The first-order valence-electron chi connectivity index (χ1n) is 5.54. The highest BCUT2D eigenvalue weighted by Crippen LogP contribution is 2.33. The molecule has 0 spiro atoms. The van der Waals surface area contributed by atoms with Crippen LogP contribution in [0.25, 0.3) is 0 Å². The molecule has 2 rings (SSSR count). The van der Waals surface area contributed by atoms with Crippen molar-refractivity contribution in [3.63, 3.8) is 0 Å². The summed E-state index contributed by atoms with van der Waals surface area (Å²) in [5.74, 6) is 0.618. The molecule has 0 radical (unpaired) electrons. The fourth-order valence-corrected chi connectivity index (χ4v) is 1.83. The molecule has 2 unspecified atom stereocenters. The van der Waals surface area contributed by atoms with Gasteiger partial charge in [0.05, 0.1) is 0 Å². The van der Waals surface area contributed by atoms with Gasteiger partial charge in [-0.15, -0.1) is 0 Å². The molecule has 1 aromatic carbocycles. The molecular formula is C13H21N. The normalized spacial score (nSPS) is 23.7. The average molecular weight is 191 g/mol. The predicted molar refractivity (Wildman–Crippen MR) is 62.2 cm³/mol. The van der Waals surface area contributed by atoms with Gasteiger partial charge >= 0.3 is 0 Å². The van der Waals surface area contributed by atoms with Crippen LogP contribution < -0.4 is 5.73 Å². The third-order valence-corrected chi connectivity index (χ3v) is 2.57.